The number of fused-ring (bicyclic) bond motifs is 1. The van der Waals surface area contributed by atoms with Gasteiger partial charge in [-0.2, -0.15) is 0 Å². The van der Waals surface area contributed by atoms with Gasteiger partial charge >= 0.3 is 0 Å². The van der Waals surface area contributed by atoms with Gasteiger partial charge in [-0.15, -0.1) is 5.53 Å². The Kier molecular flexibility index (Phi) is 4.18. The zero-order chi connectivity index (χ0) is 18.1. The van der Waals surface area contributed by atoms with Crippen molar-refractivity contribution in [2.45, 2.75) is 19.9 Å². The van der Waals surface area contributed by atoms with E-state index in [4.69, 9.17) is 4.74 Å². The lowest BCUT2D eigenvalue weighted by atomic mass is 10.1. The Bertz CT molecular complexity index is 924. The molecule has 0 spiro atoms. The molecular weight excluding hydrogens is 326 g/mol. The van der Waals surface area contributed by atoms with Crippen LogP contribution >= 0.6 is 0 Å². The van der Waals surface area contributed by atoms with Gasteiger partial charge in [-0.05, 0) is 38.1 Å². The summed E-state index contributed by atoms with van der Waals surface area (Å²) in [5.41, 5.74) is 11.4. The average Bonchev–Trinajstić information content (AvgIpc) is 3.11. The van der Waals surface area contributed by atoms with Crippen LogP contribution in [0.1, 0.15) is 13.8 Å². The van der Waals surface area contributed by atoms with Gasteiger partial charge in [0, 0.05) is 35.1 Å². The first-order chi connectivity index (χ1) is 12.7. The minimum atomic E-state index is 0.353. The molecule has 26 heavy (non-hydrogen) atoms. The summed E-state index contributed by atoms with van der Waals surface area (Å²) in [6, 6.07) is 14.4. The Morgan fingerprint density at radius 1 is 1.00 bits per heavy atom. The molecule has 1 aromatic heterocycles. The second-order valence-electron chi connectivity index (χ2n) is 6.43. The fourth-order valence-corrected chi connectivity index (χ4v) is 3.07. The summed E-state index contributed by atoms with van der Waals surface area (Å²) in [6.45, 7) is 4.27. The van der Waals surface area contributed by atoms with Crippen LogP contribution in [-0.4, -0.2) is 23.1 Å². The van der Waals surface area contributed by atoms with Crippen LogP contribution in [0, 0.1) is 0 Å². The van der Waals surface area contributed by atoms with E-state index < -0.39 is 0 Å². The van der Waals surface area contributed by atoms with Crippen molar-refractivity contribution in [3.05, 3.63) is 54.9 Å². The van der Waals surface area contributed by atoms with Crippen LogP contribution in [0.4, 0.5) is 11.4 Å². The highest BCUT2D eigenvalue weighted by atomic mass is 16.5. The van der Waals surface area contributed by atoms with Crippen LogP contribution in [0.2, 0.25) is 0 Å². The first-order valence-corrected chi connectivity index (χ1v) is 8.58. The van der Waals surface area contributed by atoms with Crippen LogP contribution < -0.4 is 20.7 Å². The summed E-state index contributed by atoms with van der Waals surface area (Å²) in [5.74, 6) is 1.50. The highest BCUT2D eigenvalue weighted by Crippen LogP contribution is 2.34. The fourth-order valence-electron chi connectivity index (χ4n) is 3.07. The maximum atomic E-state index is 5.42. The monoisotopic (exact) mass is 347 g/mol. The molecule has 0 aliphatic carbocycles. The van der Waals surface area contributed by atoms with E-state index in [1.807, 2.05) is 42.7 Å². The summed E-state index contributed by atoms with van der Waals surface area (Å²) >= 11 is 0. The lowest BCUT2D eigenvalue weighted by molar-refractivity contribution is 0.416. The highest BCUT2D eigenvalue weighted by Gasteiger charge is 2.21. The molecule has 0 unspecified atom stereocenters. The first kappa shape index (κ1) is 16.4. The molecule has 2 N–H and O–H groups in total. The molecular formula is C20H21N5O. The summed E-state index contributed by atoms with van der Waals surface area (Å²) in [6.07, 6.45) is 3.67. The second kappa shape index (κ2) is 6.65. The summed E-state index contributed by atoms with van der Waals surface area (Å²) < 4.78 is 5.42. The van der Waals surface area contributed by atoms with Crippen molar-refractivity contribution < 1.29 is 4.74 Å². The molecule has 0 saturated carbocycles. The largest absolute Gasteiger partial charge is 0.496 e. The zero-order valence-corrected chi connectivity index (χ0v) is 15.0. The minimum absolute atomic E-state index is 0.353. The van der Waals surface area contributed by atoms with Crippen molar-refractivity contribution in [3.63, 3.8) is 0 Å². The summed E-state index contributed by atoms with van der Waals surface area (Å²) in [5, 5.41) is 2.09. The number of hydrazine groups is 2. The number of benzene rings is 2. The lowest BCUT2D eigenvalue weighted by Gasteiger charge is -2.22. The summed E-state index contributed by atoms with van der Waals surface area (Å²) in [7, 11) is 1.67. The predicted octanol–water partition coefficient (Wildman–Crippen LogP) is 3.88. The van der Waals surface area contributed by atoms with Crippen LogP contribution in [-0.2, 0) is 0 Å². The molecule has 6 nitrogen and oxygen atoms in total. The molecule has 0 fully saturated rings. The third-order valence-corrected chi connectivity index (χ3v) is 4.41. The number of rotatable bonds is 4. The number of anilines is 2. The van der Waals surface area contributed by atoms with E-state index in [1.54, 1.807) is 7.11 Å². The third kappa shape index (κ3) is 2.84. The van der Waals surface area contributed by atoms with E-state index in [0.717, 1.165) is 33.8 Å². The van der Waals surface area contributed by atoms with Gasteiger partial charge in [-0.1, -0.05) is 18.2 Å². The zero-order valence-electron chi connectivity index (χ0n) is 15.0. The van der Waals surface area contributed by atoms with E-state index in [0.29, 0.717) is 11.9 Å². The van der Waals surface area contributed by atoms with Gasteiger partial charge in [0.2, 0.25) is 0 Å². The molecule has 2 aromatic carbocycles. The number of nitrogens with one attached hydrogen (secondary N) is 2. The molecule has 3 aromatic rings. The molecule has 6 heteroatoms. The standard InChI is InChI=1S/C20H21N5O/c1-13(2)25-18-9-8-14(10-17(18)23-24-25)20-21-11-15(12-22-20)16-6-4-5-7-19(16)26-3/h4-13,23-24H,1-3H3. The highest BCUT2D eigenvalue weighted by molar-refractivity contribution is 5.79. The number of aromatic nitrogens is 2. The average molecular weight is 347 g/mol. The molecule has 0 amide bonds. The maximum Gasteiger partial charge on any atom is 0.159 e. The number of hydrogen-bond donors (Lipinski definition) is 2. The number of methoxy groups -OCH3 is 1. The Morgan fingerprint density at radius 2 is 1.77 bits per heavy atom. The van der Waals surface area contributed by atoms with Gasteiger partial charge in [-0.25, -0.2) is 9.97 Å². The van der Waals surface area contributed by atoms with Crippen molar-refractivity contribution in [2.75, 3.05) is 17.5 Å². The van der Waals surface area contributed by atoms with Crippen molar-refractivity contribution in [3.8, 4) is 28.3 Å². The number of nitrogens with zero attached hydrogens (tertiary/aromatic N) is 3. The van der Waals surface area contributed by atoms with Crippen LogP contribution in [0.25, 0.3) is 22.5 Å². The Morgan fingerprint density at radius 3 is 2.50 bits per heavy atom. The molecule has 0 atom stereocenters. The molecule has 4 rings (SSSR count). The van der Waals surface area contributed by atoms with E-state index in [1.165, 1.54) is 0 Å². The van der Waals surface area contributed by atoms with E-state index in [9.17, 15) is 0 Å². The van der Waals surface area contributed by atoms with Gasteiger partial charge < -0.3 is 10.2 Å². The third-order valence-electron chi connectivity index (χ3n) is 4.41. The van der Waals surface area contributed by atoms with Crippen molar-refractivity contribution in [1.82, 2.24) is 15.5 Å². The normalized spacial score (nSPS) is 12.8. The molecule has 1 aliphatic heterocycles. The molecule has 1 aliphatic rings. The van der Waals surface area contributed by atoms with Crippen molar-refractivity contribution in [1.29, 1.82) is 0 Å². The maximum absolute atomic E-state index is 5.42. The number of para-hydroxylation sites is 1. The Balaban J connectivity index is 1.64. The molecule has 0 bridgehead atoms. The van der Waals surface area contributed by atoms with Crippen LogP contribution in [0.5, 0.6) is 5.75 Å². The minimum Gasteiger partial charge on any atom is -0.496 e. The molecule has 0 radical (unpaired) electrons. The SMILES string of the molecule is COc1ccccc1-c1cnc(-c2ccc3c(c2)NNN3C(C)C)nc1. The second-order valence-corrected chi connectivity index (χ2v) is 6.43. The Labute approximate surface area is 152 Å². The van der Waals surface area contributed by atoms with Gasteiger partial charge in [0.15, 0.2) is 5.82 Å². The topological polar surface area (TPSA) is 62.3 Å². The van der Waals surface area contributed by atoms with Gasteiger partial charge in [0.05, 0.1) is 18.5 Å². The first-order valence-electron chi connectivity index (χ1n) is 8.58. The van der Waals surface area contributed by atoms with Gasteiger partial charge in [-0.3, -0.25) is 5.01 Å². The van der Waals surface area contributed by atoms with Crippen molar-refractivity contribution >= 4 is 11.4 Å². The quantitative estimate of drug-likeness (QED) is 0.747. The van der Waals surface area contributed by atoms with Gasteiger partial charge in [0.1, 0.15) is 5.75 Å². The summed E-state index contributed by atoms with van der Waals surface area (Å²) in [4.78, 5) is 9.10. The van der Waals surface area contributed by atoms with Crippen molar-refractivity contribution in [2.24, 2.45) is 0 Å². The molecule has 132 valence electrons. The Hall–Kier alpha value is -3.12. The lowest BCUT2D eigenvalue weighted by Crippen LogP contribution is -2.41. The van der Waals surface area contributed by atoms with Crippen LogP contribution in [0.15, 0.2) is 54.9 Å². The van der Waals surface area contributed by atoms with E-state index >= 15 is 0 Å². The number of ether oxygens (including phenoxy) is 1. The van der Waals surface area contributed by atoms with Gasteiger partial charge in [0.25, 0.3) is 0 Å². The molecule has 0 saturated heterocycles. The van der Waals surface area contributed by atoms with E-state index in [2.05, 4.69) is 51.9 Å². The smallest absolute Gasteiger partial charge is 0.159 e. The van der Waals surface area contributed by atoms with Crippen LogP contribution in [0.3, 0.4) is 0 Å². The molecule has 2 heterocycles. The van der Waals surface area contributed by atoms with E-state index in [-0.39, 0.29) is 0 Å². The fraction of sp³-hybridized carbons (Fsp3) is 0.200. The number of hydrogen-bond acceptors (Lipinski definition) is 6. The predicted molar refractivity (Wildman–Crippen MR) is 104 cm³/mol.